The number of hydrogen-bond donors (Lipinski definition) is 0. The van der Waals surface area contributed by atoms with Crippen LogP contribution in [0.4, 0.5) is 0 Å². The van der Waals surface area contributed by atoms with E-state index in [-0.39, 0.29) is 5.78 Å². The molecule has 0 aromatic heterocycles. The minimum atomic E-state index is -3.69. The quantitative estimate of drug-likeness (QED) is 0.479. The molecule has 1 aromatic carbocycles. The van der Waals surface area contributed by atoms with Gasteiger partial charge in [0, 0.05) is 12.5 Å². The molecule has 0 radical (unpaired) electrons. The summed E-state index contributed by atoms with van der Waals surface area (Å²) in [6.07, 6.45) is 0.399. The molecule has 20 heavy (non-hydrogen) atoms. The summed E-state index contributed by atoms with van der Waals surface area (Å²) in [5.41, 5.74) is 0.514. The number of carbonyl (C=O) groups excluding carboxylic acids is 1. The van der Waals surface area contributed by atoms with Crippen LogP contribution in [0.25, 0.3) is 0 Å². The molecule has 0 unspecified atom stereocenters. The van der Waals surface area contributed by atoms with Gasteiger partial charge >= 0.3 is 59.6 Å². The number of Topliss-reactive ketones (excluding diaryl/α,β-unsaturated/α-hetero) is 1. The molecule has 0 atom stereocenters. The third-order valence-electron chi connectivity index (χ3n) is 2.13. The van der Waals surface area contributed by atoms with E-state index in [9.17, 15) is 4.79 Å². The second-order valence-electron chi connectivity index (χ2n) is 3.65. The number of fused-ring (bicyclic) bond motifs is 1. The molecule has 1 aliphatic rings. The fourth-order valence-corrected chi connectivity index (χ4v) is 1.68. The van der Waals surface area contributed by atoms with Crippen LogP contribution in [0.2, 0.25) is 5.02 Å². The molecule has 3 nitrogen and oxygen atoms in total. The zero-order valence-electron chi connectivity index (χ0n) is 10.0. The van der Waals surface area contributed by atoms with Gasteiger partial charge in [0.15, 0.2) is 5.78 Å². The molecular weight excluding hydrogens is 412 g/mol. The van der Waals surface area contributed by atoms with Crippen LogP contribution in [-0.4, -0.2) is 19.5 Å². The Labute approximate surface area is 145 Å². The van der Waals surface area contributed by atoms with Crippen molar-refractivity contribution in [3.63, 3.8) is 0 Å². The number of hydrogen-bond acceptors (Lipinski definition) is 3. The van der Waals surface area contributed by atoms with Crippen LogP contribution >= 0.6 is 71.2 Å². The first-order valence-electron chi connectivity index (χ1n) is 5.10. The Hall–Kier alpha value is 0.660. The summed E-state index contributed by atoms with van der Waals surface area (Å²) in [5, 5.41) is 0.424. The minimum absolute atomic E-state index is 0.0482. The van der Waals surface area contributed by atoms with Gasteiger partial charge in [-0.1, -0.05) is 11.6 Å². The topological polar surface area (TPSA) is 35.5 Å². The summed E-state index contributed by atoms with van der Waals surface area (Å²) in [5.74, 6) is 1.10. The van der Waals surface area contributed by atoms with E-state index >= 15 is 0 Å². The molecule has 10 heteroatoms. The molecule has 0 saturated carbocycles. The second-order valence-corrected chi connectivity index (χ2v) is 20.7. The van der Waals surface area contributed by atoms with Crippen LogP contribution in [0.3, 0.4) is 0 Å². The van der Waals surface area contributed by atoms with E-state index in [4.69, 9.17) is 77.3 Å². The summed E-state index contributed by atoms with van der Waals surface area (Å²) in [6.45, 7) is 0.401. The van der Waals surface area contributed by atoms with Gasteiger partial charge in [-0.25, -0.2) is 0 Å². The van der Waals surface area contributed by atoms with Crippen molar-refractivity contribution in [3.05, 3.63) is 22.7 Å². The van der Waals surface area contributed by atoms with Crippen molar-refractivity contribution in [2.24, 2.45) is 0 Å². The Balaban J connectivity index is 0.000000286. The van der Waals surface area contributed by atoms with Gasteiger partial charge in [-0.15, -0.1) is 0 Å². The van der Waals surface area contributed by atoms with Crippen molar-refractivity contribution in [1.29, 1.82) is 0 Å². The van der Waals surface area contributed by atoms with E-state index in [2.05, 4.69) is 0 Å². The summed E-state index contributed by atoms with van der Waals surface area (Å²) in [4.78, 5) is 11.5. The van der Waals surface area contributed by atoms with Gasteiger partial charge in [0.1, 0.15) is 11.5 Å². The fraction of sp³-hybridized carbons (Fsp3) is 0.300. The third-order valence-corrected chi connectivity index (χ3v) is 2.41. The molecule has 1 heterocycles. The third kappa shape index (κ3) is 7.09. The van der Waals surface area contributed by atoms with Crippen molar-refractivity contribution in [3.8, 4) is 11.5 Å². The standard InChI is InChI=1S/C10H9ClO3.Cl5P/c1-13-6-4-7-9(12)2-3-14-10(7)8(11)5-6;1-6(2,3,4)5/h4-5H,2-3H2,1H3;. The maximum atomic E-state index is 11.5. The first-order chi connectivity index (χ1) is 8.96. The average Bonchev–Trinajstić information content (AvgIpc) is 2.27. The molecular formula is C10H9Cl6O3P. The van der Waals surface area contributed by atoms with Crippen LogP contribution in [0.1, 0.15) is 16.8 Å². The van der Waals surface area contributed by atoms with Crippen molar-refractivity contribution < 1.29 is 14.3 Å². The van der Waals surface area contributed by atoms with Crippen LogP contribution in [0.15, 0.2) is 12.1 Å². The first kappa shape index (κ1) is 18.7. The molecule has 0 amide bonds. The SMILES string of the molecule is COc1cc(Cl)c2c(c1)C(=O)CCO2.ClP(Cl)(Cl)(Cl)Cl. The molecule has 0 bridgehead atoms. The van der Waals surface area contributed by atoms with Gasteiger partial charge in [-0.05, 0) is 6.07 Å². The molecule has 1 aromatic rings. The Morgan fingerprint density at radius 3 is 2.25 bits per heavy atom. The second kappa shape index (κ2) is 6.83. The maximum absolute atomic E-state index is 11.5. The predicted molar refractivity (Wildman–Crippen MR) is 88.6 cm³/mol. The number of methoxy groups -OCH3 is 1. The van der Waals surface area contributed by atoms with Gasteiger partial charge in [0.25, 0.3) is 0 Å². The Morgan fingerprint density at radius 2 is 1.75 bits per heavy atom. The van der Waals surface area contributed by atoms with Crippen molar-refractivity contribution in [2.45, 2.75) is 6.42 Å². The van der Waals surface area contributed by atoms with Crippen molar-refractivity contribution in [1.82, 2.24) is 0 Å². The molecule has 0 aliphatic carbocycles. The first-order valence-corrected chi connectivity index (χ1v) is 12.2. The average molecular weight is 421 g/mol. The van der Waals surface area contributed by atoms with Crippen LogP contribution in [-0.2, 0) is 0 Å². The normalized spacial score (nSPS) is 15.9. The zero-order chi connectivity index (χ0) is 15.6. The number of ether oxygens (including phenoxy) is 2. The predicted octanol–water partition coefficient (Wildman–Crippen LogP) is 6.62. The van der Waals surface area contributed by atoms with Crippen molar-refractivity contribution >= 4 is 77.0 Å². The summed E-state index contributed by atoms with van der Waals surface area (Å²) >= 11 is 30.8. The van der Waals surface area contributed by atoms with Crippen molar-refractivity contribution in [2.75, 3.05) is 13.7 Å². The summed E-state index contributed by atoms with van der Waals surface area (Å²) in [6, 6.07) is 3.29. The van der Waals surface area contributed by atoms with E-state index < -0.39 is 3.37 Å². The molecule has 0 N–H and O–H groups in total. The summed E-state index contributed by atoms with van der Waals surface area (Å²) < 4.78 is 6.64. The summed E-state index contributed by atoms with van der Waals surface area (Å²) in [7, 11) is 1.53. The van der Waals surface area contributed by atoms with E-state index in [0.29, 0.717) is 35.1 Å². The number of halogens is 6. The molecule has 0 spiro atoms. The van der Waals surface area contributed by atoms with E-state index in [1.54, 1.807) is 12.1 Å². The Kier molecular flexibility index (Phi) is 6.39. The van der Waals surface area contributed by atoms with Gasteiger partial charge in [0.05, 0.1) is 24.3 Å². The molecule has 2 rings (SSSR count). The van der Waals surface area contributed by atoms with Crippen LogP contribution < -0.4 is 9.47 Å². The molecule has 114 valence electrons. The number of benzene rings is 1. The Morgan fingerprint density at radius 1 is 1.20 bits per heavy atom. The van der Waals surface area contributed by atoms with E-state index in [0.717, 1.165) is 0 Å². The Bertz CT molecular complexity index is 509. The van der Waals surface area contributed by atoms with Crippen LogP contribution in [0, 0.1) is 0 Å². The zero-order valence-corrected chi connectivity index (χ0v) is 15.4. The number of ketones is 1. The van der Waals surface area contributed by atoms with Gasteiger partial charge < -0.3 is 9.47 Å². The molecule has 0 fully saturated rings. The fourth-order valence-electron chi connectivity index (χ4n) is 1.42. The monoisotopic (exact) mass is 418 g/mol. The number of carbonyl (C=O) groups is 1. The van der Waals surface area contributed by atoms with Gasteiger partial charge in [-0.3, -0.25) is 4.79 Å². The van der Waals surface area contributed by atoms with E-state index in [1.807, 2.05) is 0 Å². The molecule has 0 saturated heterocycles. The van der Waals surface area contributed by atoms with Gasteiger partial charge in [-0.2, -0.15) is 0 Å². The molecule has 1 aliphatic heterocycles. The van der Waals surface area contributed by atoms with E-state index in [1.165, 1.54) is 7.11 Å². The van der Waals surface area contributed by atoms with Gasteiger partial charge in [0.2, 0.25) is 0 Å². The number of rotatable bonds is 1. The van der Waals surface area contributed by atoms with Crippen LogP contribution in [0.5, 0.6) is 11.5 Å².